The molecule has 120 valence electrons. The van der Waals surface area contributed by atoms with Gasteiger partial charge in [-0.15, -0.1) is 0 Å². The molecule has 0 bridgehead atoms. The van der Waals surface area contributed by atoms with Gasteiger partial charge in [-0.25, -0.2) is 0 Å². The third-order valence-electron chi connectivity index (χ3n) is 4.22. The van der Waals surface area contributed by atoms with Crippen molar-refractivity contribution < 1.29 is 14.3 Å². The lowest BCUT2D eigenvalue weighted by atomic mass is 10.1. The summed E-state index contributed by atoms with van der Waals surface area (Å²) in [6, 6.07) is 7.80. The van der Waals surface area contributed by atoms with Gasteiger partial charge in [0.25, 0.3) is 0 Å². The van der Waals surface area contributed by atoms with Crippen LogP contribution in [0.3, 0.4) is 0 Å². The number of hydrogen-bond donors (Lipinski definition) is 0. The maximum atomic E-state index is 12.3. The Kier molecular flexibility index (Phi) is 5.06. The second-order valence-electron chi connectivity index (χ2n) is 6.07. The summed E-state index contributed by atoms with van der Waals surface area (Å²) in [4.78, 5) is 28.0. The lowest BCUT2D eigenvalue weighted by Crippen LogP contribution is -2.38. The quantitative estimate of drug-likeness (QED) is 0.835. The summed E-state index contributed by atoms with van der Waals surface area (Å²) in [6.45, 7) is 4.99. The van der Waals surface area contributed by atoms with E-state index in [1.54, 1.807) is 24.0 Å². The van der Waals surface area contributed by atoms with Crippen LogP contribution in [0.1, 0.15) is 25.8 Å². The number of rotatable bonds is 5. The van der Waals surface area contributed by atoms with Gasteiger partial charge in [0.15, 0.2) is 0 Å². The minimum absolute atomic E-state index is 0.0475. The molecule has 0 N–H and O–H groups in total. The maximum Gasteiger partial charge on any atom is 0.227 e. The maximum absolute atomic E-state index is 12.3. The smallest absolute Gasteiger partial charge is 0.227 e. The lowest BCUT2D eigenvalue weighted by molar-refractivity contribution is -0.136. The first kappa shape index (κ1) is 16.3. The molecule has 1 aliphatic heterocycles. The van der Waals surface area contributed by atoms with Gasteiger partial charge in [0.1, 0.15) is 5.75 Å². The van der Waals surface area contributed by atoms with E-state index < -0.39 is 0 Å². The van der Waals surface area contributed by atoms with Gasteiger partial charge in [0.2, 0.25) is 11.8 Å². The van der Waals surface area contributed by atoms with Crippen molar-refractivity contribution in [2.75, 3.05) is 20.7 Å². The van der Waals surface area contributed by atoms with Crippen LogP contribution in [-0.4, -0.2) is 48.4 Å². The van der Waals surface area contributed by atoms with Crippen molar-refractivity contribution >= 4 is 11.8 Å². The molecule has 0 unspecified atom stereocenters. The predicted octanol–water partition coefficient (Wildman–Crippen LogP) is 1.91. The van der Waals surface area contributed by atoms with Crippen LogP contribution in [0.2, 0.25) is 0 Å². The molecule has 1 aromatic rings. The number of nitrogens with zero attached hydrogens (tertiary/aromatic N) is 2. The molecule has 1 atom stereocenters. The topological polar surface area (TPSA) is 49.9 Å². The monoisotopic (exact) mass is 304 g/mol. The zero-order valence-corrected chi connectivity index (χ0v) is 13.7. The molecule has 0 saturated carbocycles. The summed E-state index contributed by atoms with van der Waals surface area (Å²) in [5.74, 6) is 0.674. The summed E-state index contributed by atoms with van der Waals surface area (Å²) in [6.07, 6.45) is 0.312. The van der Waals surface area contributed by atoms with Gasteiger partial charge < -0.3 is 14.5 Å². The molecule has 1 aromatic carbocycles. The molecule has 22 heavy (non-hydrogen) atoms. The number of methoxy groups -OCH3 is 1. The average Bonchev–Trinajstić information content (AvgIpc) is 2.87. The first-order valence-corrected chi connectivity index (χ1v) is 7.59. The van der Waals surface area contributed by atoms with Crippen molar-refractivity contribution in [1.82, 2.24) is 9.80 Å². The fourth-order valence-corrected chi connectivity index (χ4v) is 2.58. The Morgan fingerprint density at radius 1 is 1.36 bits per heavy atom. The molecule has 1 aliphatic rings. The van der Waals surface area contributed by atoms with E-state index in [2.05, 4.69) is 0 Å². The van der Waals surface area contributed by atoms with Crippen LogP contribution in [0.5, 0.6) is 5.75 Å². The van der Waals surface area contributed by atoms with Crippen LogP contribution < -0.4 is 4.74 Å². The van der Waals surface area contributed by atoms with E-state index in [1.807, 2.05) is 38.1 Å². The molecule has 1 fully saturated rings. The first-order valence-electron chi connectivity index (χ1n) is 7.59. The van der Waals surface area contributed by atoms with E-state index in [-0.39, 0.29) is 23.8 Å². The number of ether oxygens (including phenoxy) is 1. The first-order chi connectivity index (χ1) is 10.4. The van der Waals surface area contributed by atoms with Gasteiger partial charge in [-0.3, -0.25) is 9.59 Å². The molecule has 1 heterocycles. The van der Waals surface area contributed by atoms with E-state index in [4.69, 9.17) is 4.74 Å². The SMILES string of the molecule is COc1ccc(CN2C[C@@H](C(=O)N(C)C(C)C)CC2=O)cc1. The summed E-state index contributed by atoms with van der Waals surface area (Å²) in [7, 11) is 3.42. The number of amides is 2. The second-order valence-corrected chi connectivity index (χ2v) is 6.07. The van der Waals surface area contributed by atoms with Crippen molar-refractivity contribution in [1.29, 1.82) is 0 Å². The lowest BCUT2D eigenvalue weighted by Gasteiger charge is -2.24. The molecule has 0 radical (unpaired) electrons. The molecule has 0 aromatic heterocycles. The summed E-state index contributed by atoms with van der Waals surface area (Å²) in [5, 5.41) is 0. The molecular weight excluding hydrogens is 280 g/mol. The van der Waals surface area contributed by atoms with Gasteiger partial charge in [-0.05, 0) is 31.5 Å². The van der Waals surface area contributed by atoms with Crippen LogP contribution in [0.4, 0.5) is 0 Å². The molecule has 0 spiro atoms. The number of hydrogen-bond acceptors (Lipinski definition) is 3. The van der Waals surface area contributed by atoms with Crippen molar-refractivity contribution in [3.63, 3.8) is 0 Å². The summed E-state index contributed by atoms with van der Waals surface area (Å²) in [5.41, 5.74) is 1.04. The van der Waals surface area contributed by atoms with Crippen LogP contribution in [0.15, 0.2) is 24.3 Å². The minimum Gasteiger partial charge on any atom is -0.497 e. The van der Waals surface area contributed by atoms with Crippen molar-refractivity contribution in [3.8, 4) is 5.75 Å². The van der Waals surface area contributed by atoms with E-state index >= 15 is 0 Å². The van der Waals surface area contributed by atoms with Crippen molar-refractivity contribution in [2.24, 2.45) is 5.92 Å². The number of likely N-dealkylation sites (tertiary alicyclic amines) is 1. The van der Waals surface area contributed by atoms with E-state index in [9.17, 15) is 9.59 Å². The third-order valence-corrected chi connectivity index (χ3v) is 4.22. The Labute approximate surface area is 131 Å². The molecule has 5 heteroatoms. The van der Waals surface area contributed by atoms with Gasteiger partial charge >= 0.3 is 0 Å². The fraction of sp³-hybridized carbons (Fsp3) is 0.529. The summed E-state index contributed by atoms with van der Waals surface area (Å²) < 4.78 is 5.13. The molecule has 0 aliphatic carbocycles. The van der Waals surface area contributed by atoms with Crippen LogP contribution in [-0.2, 0) is 16.1 Å². The van der Waals surface area contributed by atoms with E-state index in [0.717, 1.165) is 11.3 Å². The van der Waals surface area contributed by atoms with E-state index in [0.29, 0.717) is 19.5 Å². The fourth-order valence-electron chi connectivity index (χ4n) is 2.58. The Hall–Kier alpha value is -2.04. The third kappa shape index (κ3) is 3.59. The van der Waals surface area contributed by atoms with Gasteiger partial charge in [0, 0.05) is 32.6 Å². The molecule has 2 amide bonds. The van der Waals surface area contributed by atoms with Gasteiger partial charge in [0.05, 0.1) is 13.0 Å². The zero-order chi connectivity index (χ0) is 16.3. The minimum atomic E-state index is -0.224. The Balaban J connectivity index is 1.98. The number of carbonyl (C=O) groups is 2. The normalized spacial score (nSPS) is 18.0. The number of carbonyl (C=O) groups excluding carboxylic acids is 2. The predicted molar refractivity (Wildman–Crippen MR) is 84.4 cm³/mol. The highest BCUT2D eigenvalue weighted by Gasteiger charge is 2.36. The molecule has 2 rings (SSSR count). The van der Waals surface area contributed by atoms with Crippen molar-refractivity contribution in [2.45, 2.75) is 32.9 Å². The van der Waals surface area contributed by atoms with Crippen LogP contribution in [0, 0.1) is 5.92 Å². The molecular formula is C17H24N2O3. The van der Waals surface area contributed by atoms with Crippen molar-refractivity contribution in [3.05, 3.63) is 29.8 Å². The highest BCUT2D eigenvalue weighted by molar-refractivity contribution is 5.89. The van der Waals surface area contributed by atoms with E-state index in [1.165, 1.54) is 0 Å². The standard InChI is InChI=1S/C17H24N2O3/c1-12(2)18(3)17(21)14-9-16(20)19(11-14)10-13-5-7-15(22-4)8-6-13/h5-8,12,14H,9-11H2,1-4H3/t14-/m0/s1. The van der Waals surface area contributed by atoms with Crippen LogP contribution in [0.25, 0.3) is 0 Å². The highest BCUT2D eigenvalue weighted by atomic mass is 16.5. The summed E-state index contributed by atoms with van der Waals surface area (Å²) >= 11 is 0. The van der Waals surface area contributed by atoms with Crippen LogP contribution >= 0.6 is 0 Å². The molecule has 1 saturated heterocycles. The largest absolute Gasteiger partial charge is 0.497 e. The Morgan fingerprint density at radius 3 is 2.55 bits per heavy atom. The van der Waals surface area contributed by atoms with Gasteiger partial charge in [-0.1, -0.05) is 12.1 Å². The average molecular weight is 304 g/mol. The Bertz CT molecular complexity index is 539. The molecule has 5 nitrogen and oxygen atoms in total. The Morgan fingerprint density at radius 2 is 2.00 bits per heavy atom. The number of benzene rings is 1. The van der Waals surface area contributed by atoms with Gasteiger partial charge in [-0.2, -0.15) is 0 Å². The highest BCUT2D eigenvalue weighted by Crippen LogP contribution is 2.23. The second kappa shape index (κ2) is 6.81. The zero-order valence-electron chi connectivity index (χ0n) is 13.7.